The van der Waals surface area contributed by atoms with Gasteiger partial charge in [-0.25, -0.2) is 0 Å². The number of aliphatic hydroxyl groups is 3. The number of carbonyl (C=O) groups is 2. The minimum atomic E-state index is -2.12. The first-order valence-corrected chi connectivity index (χ1v) is 8.53. The lowest BCUT2D eigenvalue weighted by Gasteiger charge is -2.30. The van der Waals surface area contributed by atoms with Crippen molar-refractivity contribution in [1.82, 2.24) is 0 Å². The predicted octanol–water partition coefficient (Wildman–Crippen LogP) is 0.763. The van der Waals surface area contributed by atoms with Crippen LogP contribution in [0.5, 0.6) is 5.75 Å². The molecule has 4 N–H and O–H groups in total. The molecule has 1 heterocycles. The van der Waals surface area contributed by atoms with Crippen molar-refractivity contribution >= 4 is 11.6 Å². The summed E-state index contributed by atoms with van der Waals surface area (Å²) in [6.07, 6.45) is -2.52. The summed E-state index contributed by atoms with van der Waals surface area (Å²) < 4.78 is 5.45. The number of carbonyl (C=O) groups excluding carboxylic acids is 2. The number of ether oxygens (including phenoxy) is 1. The van der Waals surface area contributed by atoms with E-state index in [4.69, 9.17) is 4.74 Å². The van der Waals surface area contributed by atoms with E-state index in [1.807, 2.05) is 0 Å². The third kappa shape index (κ3) is 2.44. The average Bonchev–Trinajstić information content (AvgIpc) is 2.95. The zero-order valence-corrected chi connectivity index (χ0v) is 14.5. The van der Waals surface area contributed by atoms with Gasteiger partial charge >= 0.3 is 0 Å². The molecule has 7 nitrogen and oxygen atoms in total. The van der Waals surface area contributed by atoms with Gasteiger partial charge < -0.3 is 25.2 Å². The van der Waals surface area contributed by atoms with Crippen LogP contribution in [0.3, 0.4) is 0 Å². The standard InChI is InChI=1S/C20H18O7/c1-9-13(22)6-12-16(17(9)20(26)7-14(23)15(8-21)27-20)19(25)11-5-3-2-4-10(11)18(12)24/h2-6,14-15,21-23,26H,7-8H2,1H3/t14-,15+,20-/m0/s1. The Morgan fingerprint density at radius 2 is 1.78 bits per heavy atom. The molecule has 0 bridgehead atoms. The second-order valence-electron chi connectivity index (χ2n) is 6.92. The third-order valence-electron chi connectivity index (χ3n) is 5.28. The zero-order valence-electron chi connectivity index (χ0n) is 14.5. The maximum atomic E-state index is 13.2. The van der Waals surface area contributed by atoms with E-state index in [2.05, 4.69) is 0 Å². The first-order valence-electron chi connectivity index (χ1n) is 8.53. The van der Waals surface area contributed by atoms with Gasteiger partial charge in [0, 0.05) is 39.8 Å². The van der Waals surface area contributed by atoms with Crippen molar-refractivity contribution < 1.29 is 34.8 Å². The molecule has 27 heavy (non-hydrogen) atoms. The number of aliphatic hydroxyl groups excluding tert-OH is 2. The number of ketones is 2. The molecule has 0 spiro atoms. The van der Waals surface area contributed by atoms with Crippen LogP contribution in [0, 0.1) is 6.92 Å². The van der Waals surface area contributed by atoms with E-state index < -0.39 is 36.2 Å². The van der Waals surface area contributed by atoms with E-state index in [1.165, 1.54) is 25.1 Å². The van der Waals surface area contributed by atoms with Gasteiger partial charge in [-0.05, 0) is 13.0 Å². The lowest BCUT2D eigenvalue weighted by atomic mass is 9.78. The maximum Gasteiger partial charge on any atom is 0.196 e. The second kappa shape index (κ2) is 5.97. The minimum absolute atomic E-state index is 0.0317. The first-order chi connectivity index (χ1) is 12.8. The fourth-order valence-corrected chi connectivity index (χ4v) is 3.94. The van der Waals surface area contributed by atoms with Gasteiger partial charge in [0.25, 0.3) is 0 Å². The Balaban J connectivity index is 1.99. The van der Waals surface area contributed by atoms with Crippen LogP contribution >= 0.6 is 0 Å². The lowest BCUT2D eigenvalue weighted by molar-refractivity contribution is -0.207. The molecule has 0 radical (unpaired) electrons. The number of fused-ring (bicyclic) bond motifs is 2. The number of hydrogen-bond acceptors (Lipinski definition) is 7. The minimum Gasteiger partial charge on any atom is -0.508 e. The zero-order chi connectivity index (χ0) is 19.5. The number of benzene rings is 2. The summed E-state index contributed by atoms with van der Waals surface area (Å²) in [5.74, 6) is -3.32. The SMILES string of the molecule is Cc1c(O)cc2c(c1[C@]1(O)C[C@H](O)[C@@H](CO)O1)C(=O)c1ccccc1C2=O. The Labute approximate surface area is 154 Å². The maximum absolute atomic E-state index is 13.2. The molecule has 0 aromatic heterocycles. The molecule has 140 valence electrons. The summed E-state index contributed by atoms with van der Waals surface area (Å²) in [5.41, 5.74) is 0.444. The van der Waals surface area contributed by atoms with Gasteiger partial charge in [0.2, 0.25) is 0 Å². The third-order valence-corrected chi connectivity index (χ3v) is 5.28. The Hall–Kier alpha value is -2.58. The second-order valence-corrected chi connectivity index (χ2v) is 6.92. The van der Waals surface area contributed by atoms with Crippen LogP contribution in [0.25, 0.3) is 0 Å². The van der Waals surface area contributed by atoms with Gasteiger partial charge in [-0.15, -0.1) is 0 Å². The van der Waals surface area contributed by atoms with E-state index in [0.29, 0.717) is 0 Å². The molecule has 1 saturated heterocycles. The van der Waals surface area contributed by atoms with Crippen LogP contribution in [-0.4, -0.2) is 50.8 Å². The van der Waals surface area contributed by atoms with Crippen LogP contribution in [0.4, 0.5) is 0 Å². The van der Waals surface area contributed by atoms with Crippen LogP contribution < -0.4 is 0 Å². The topological polar surface area (TPSA) is 124 Å². The average molecular weight is 370 g/mol. The Kier molecular flexibility index (Phi) is 3.94. The van der Waals surface area contributed by atoms with Gasteiger partial charge in [0.1, 0.15) is 11.9 Å². The molecule has 7 heteroatoms. The molecule has 0 saturated carbocycles. The van der Waals surface area contributed by atoms with E-state index in [9.17, 15) is 30.0 Å². The number of aromatic hydroxyl groups is 1. The van der Waals surface area contributed by atoms with Crippen molar-refractivity contribution in [3.63, 3.8) is 0 Å². The molecule has 4 rings (SSSR count). The van der Waals surface area contributed by atoms with Crippen molar-refractivity contribution in [2.75, 3.05) is 6.61 Å². The largest absolute Gasteiger partial charge is 0.508 e. The van der Waals surface area contributed by atoms with Crippen molar-refractivity contribution in [2.24, 2.45) is 0 Å². The predicted molar refractivity (Wildman–Crippen MR) is 92.6 cm³/mol. The van der Waals surface area contributed by atoms with Crippen LogP contribution in [0.15, 0.2) is 30.3 Å². The number of hydrogen-bond donors (Lipinski definition) is 4. The van der Waals surface area contributed by atoms with E-state index >= 15 is 0 Å². The molecular weight excluding hydrogens is 352 g/mol. The van der Waals surface area contributed by atoms with Gasteiger partial charge in [-0.3, -0.25) is 9.59 Å². The van der Waals surface area contributed by atoms with E-state index in [0.717, 1.165) is 0 Å². The van der Waals surface area contributed by atoms with E-state index in [1.54, 1.807) is 12.1 Å². The molecular formula is C20H18O7. The summed E-state index contributed by atoms with van der Waals surface area (Å²) in [6.45, 7) is 0.961. The Bertz CT molecular complexity index is 981. The molecule has 2 aromatic rings. The fourth-order valence-electron chi connectivity index (χ4n) is 3.94. The highest BCUT2D eigenvalue weighted by atomic mass is 16.6. The van der Waals surface area contributed by atoms with Crippen LogP contribution in [0.2, 0.25) is 0 Å². The highest BCUT2D eigenvalue weighted by molar-refractivity contribution is 6.29. The molecule has 1 fully saturated rings. The Morgan fingerprint density at radius 3 is 2.37 bits per heavy atom. The van der Waals surface area contributed by atoms with Crippen molar-refractivity contribution in [3.8, 4) is 5.75 Å². The molecule has 1 aliphatic heterocycles. The normalized spacial score (nSPS) is 26.8. The molecule has 0 unspecified atom stereocenters. The summed E-state index contributed by atoms with van der Waals surface area (Å²) in [7, 11) is 0. The molecule has 2 aliphatic rings. The van der Waals surface area contributed by atoms with Gasteiger partial charge in [0.05, 0.1) is 12.7 Å². The molecule has 1 aliphatic carbocycles. The van der Waals surface area contributed by atoms with Crippen molar-refractivity contribution in [3.05, 3.63) is 63.7 Å². The molecule has 0 amide bonds. The number of phenolic OH excluding ortho intramolecular Hbond substituents is 1. The van der Waals surface area contributed by atoms with Crippen molar-refractivity contribution in [1.29, 1.82) is 0 Å². The quantitative estimate of drug-likeness (QED) is 0.525. The molecule has 3 atom stereocenters. The highest BCUT2D eigenvalue weighted by Gasteiger charge is 2.50. The van der Waals surface area contributed by atoms with Crippen LogP contribution in [-0.2, 0) is 10.5 Å². The smallest absolute Gasteiger partial charge is 0.196 e. The summed E-state index contributed by atoms with van der Waals surface area (Å²) in [4.78, 5) is 26.1. The summed E-state index contributed by atoms with van der Waals surface area (Å²) >= 11 is 0. The fraction of sp³-hybridized carbons (Fsp3) is 0.300. The first kappa shape index (κ1) is 17.8. The van der Waals surface area contributed by atoms with Gasteiger partial charge in [-0.1, -0.05) is 24.3 Å². The highest BCUT2D eigenvalue weighted by Crippen LogP contribution is 2.45. The summed E-state index contributed by atoms with van der Waals surface area (Å²) in [6, 6.07) is 7.54. The van der Waals surface area contributed by atoms with Crippen molar-refractivity contribution in [2.45, 2.75) is 31.3 Å². The summed E-state index contributed by atoms with van der Waals surface area (Å²) in [5, 5.41) is 40.8. The van der Waals surface area contributed by atoms with E-state index in [-0.39, 0.29) is 45.6 Å². The lowest BCUT2D eigenvalue weighted by Crippen LogP contribution is -2.33. The number of phenols is 1. The Morgan fingerprint density at radius 1 is 1.15 bits per heavy atom. The van der Waals surface area contributed by atoms with Crippen LogP contribution in [0.1, 0.15) is 49.4 Å². The van der Waals surface area contributed by atoms with Gasteiger partial charge in [0.15, 0.2) is 17.4 Å². The monoisotopic (exact) mass is 370 g/mol. The molecule has 2 aromatic carbocycles. The van der Waals surface area contributed by atoms with Gasteiger partial charge in [-0.2, -0.15) is 0 Å². The number of rotatable bonds is 2.